The van der Waals surface area contributed by atoms with E-state index >= 15 is 0 Å². The van der Waals surface area contributed by atoms with E-state index < -0.39 is 28.5 Å². The molecule has 0 N–H and O–H groups in total. The largest absolute Gasteiger partial charge is 1.00 e. The van der Waals surface area contributed by atoms with Crippen molar-refractivity contribution in [3.05, 3.63) is 46.8 Å². The molecule has 4 heterocycles. The molecule has 0 radical (unpaired) electrons. The van der Waals surface area contributed by atoms with Crippen LogP contribution in [0.5, 0.6) is 11.8 Å². The molecular weight excluding hydrogens is 766 g/mol. The molecule has 2 atom stereocenters. The number of ketones is 1. The molecular formula is C44H72AlLiN2O11. The van der Waals surface area contributed by atoms with E-state index in [1.54, 1.807) is 60.0 Å². The van der Waals surface area contributed by atoms with Crippen molar-refractivity contribution in [3.63, 3.8) is 0 Å². The Morgan fingerprint density at radius 1 is 0.644 bits per heavy atom. The van der Waals surface area contributed by atoms with E-state index in [0.29, 0.717) is 35.7 Å². The van der Waals surface area contributed by atoms with Gasteiger partial charge >= 0.3 is 42.7 Å². The van der Waals surface area contributed by atoms with Gasteiger partial charge in [0.2, 0.25) is 11.8 Å². The molecule has 13 nitrogen and oxygen atoms in total. The van der Waals surface area contributed by atoms with Crippen LogP contribution in [0.4, 0.5) is 0 Å². The molecule has 4 rings (SSSR count). The van der Waals surface area contributed by atoms with Gasteiger partial charge in [-0.3, -0.25) is 24.0 Å². The zero-order valence-corrected chi connectivity index (χ0v) is 35.7. The predicted octanol–water partition coefficient (Wildman–Crippen LogP) is 3.95. The Bertz CT molecular complexity index is 1710. The van der Waals surface area contributed by atoms with Gasteiger partial charge in [0, 0.05) is 49.2 Å². The first-order valence-electron chi connectivity index (χ1n) is 18.9. The maximum absolute atomic E-state index is 12.4. The topological polar surface area (TPSA) is 167 Å². The molecule has 0 amide bonds. The Morgan fingerprint density at radius 3 is 1.47 bits per heavy atom. The summed E-state index contributed by atoms with van der Waals surface area (Å²) in [6, 6.07) is 3.70. The van der Waals surface area contributed by atoms with E-state index in [0.717, 1.165) is 24.0 Å². The third-order valence-corrected chi connectivity index (χ3v) is 7.61. The third-order valence-electron chi connectivity index (χ3n) is 7.61. The zero-order valence-electron chi connectivity index (χ0n) is 36.7. The molecule has 0 saturated heterocycles. The van der Waals surface area contributed by atoms with Crippen LogP contribution in [-0.4, -0.2) is 91.6 Å². The Labute approximate surface area is 376 Å². The number of aryl methyl sites for hydroxylation is 1. The maximum Gasteiger partial charge on any atom is 1.00 e. The van der Waals surface area contributed by atoms with Gasteiger partial charge in [0.1, 0.15) is 28.5 Å². The maximum atomic E-state index is 12.4. The summed E-state index contributed by atoms with van der Waals surface area (Å²) in [7, 11) is 0. The van der Waals surface area contributed by atoms with Gasteiger partial charge in [-0.05, 0) is 126 Å². The zero-order chi connectivity index (χ0) is 41.4. The van der Waals surface area contributed by atoms with Crippen molar-refractivity contribution < 1.29 is 72.7 Å². The van der Waals surface area contributed by atoms with E-state index in [9.17, 15) is 24.0 Å². The molecule has 2 aliphatic rings. The van der Waals surface area contributed by atoms with Crippen LogP contribution in [0, 0.1) is 0 Å². The fraction of sp³-hybridized carbons (Fsp3) is 0.659. The van der Waals surface area contributed by atoms with E-state index in [1.807, 2.05) is 47.6 Å². The average Bonchev–Trinajstić information content (AvgIpc) is 2.99. The van der Waals surface area contributed by atoms with Crippen LogP contribution in [0.1, 0.15) is 154 Å². The van der Waals surface area contributed by atoms with Crippen molar-refractivity contribution in [2.75, 3.05) is 0 Å². The number of esters is 4. The van der Waals surface area contributed by atoms with E-state index in [1.165, 1.54) is 0 Å². The fourth-order valence-electron chi connectivity index (χ4n) is 5.67. The first-order chi connectivity index (χ1) is 25.2. The molecule has 0 fully saturated rings. The normalized spacial score (nSPS) is 15.7. The summed E-state index contributed by atoms with van der Waals surface area (Å²) < 4.78 is 32.8. The molecule has 328 valence electrons. The number of fused-ring (bicyclic) bond motifs is 2. The van der Waals surface area contributed by atoms with Crippen LogP contribution in [0.2, 0.25) is 0 Å². The second-order valence-electron chi connectivity index (χ2n) is 17.9. The summed E-state index contributed by atoms with van der Waals surface area (Å²) in [6.07, 6.45) is 5.76. The van der Waals surface area contributed by atoms with Crippen LogP contribution in [0.15, 0.2) is 24.5 Å². The minimum atomic E-state index is -0.718. The number of hydrogen-bond donors (Lipinski definition) is 0. The number of aromatic nitrogens is 2. The van der Waals surface area contributed by atoms with Gasteiger partial charge in [-0.15, -0.1) is 0 Å². The molecule has 0 bridgehead atoms. The van der Waals surface area contributed by atoms with Crippen molar-refractivity contribution in [2.24, 2.45) is 0 Å². The van der Waals surface area contributed by atoms with E-state index in [4.69, 9.17) is 28.4 Å². The molecule has 0 aromatic carbocycles. The standard InChI is InChI=1S/C21H29NO6.C21H31NO5.2CH4.Al.Li.4H/c1-20(2,3)27-17(24)8-7-16-15(23)11-14-9-13(12-22-19(14)26-16)10-18(25)28-21(4,5)6;1-20(2,3)26-17(23)10-9-16-8-7-15-11-14(13-22-19(15)25-16)12-18(24)27-21(4,5)6;;;;;;;;/h9,12,16H,7-8,10-11H2,1-6H3;11,13,16H,7-10,12H2,1-6H3;2*1H4;;;;;;/q;;;;;+1;;;;-1/t2*16-;;;;;;;;/m01......../s1. The van der Waals surface area contributed by atoms with Gasteiger partial charge < -0.3 is 29.8 Å². The average molecular weight is 839 g/mol. The Hall–Kier alpha value is -3.42. The summed E-state index contributed by atoms with van der Waals surface area (Å²) in [4.78, 5) is 68.6. The quantitative estimate of drug-likeness (QED) is 0.192. The number of rotatable bonds is 10. The molecule has 15 heteroatoms. The summed E-state index contributed by atoms with van der Waals surface area (Å²) in [5, 5.41) is 0. The Morgan fingerprint density at radius 2 is 1.03 bits per heavy atom. The van der Waals surface area contributed by atoms with Gasteiger partial charge in [-0.1, -0.05) is 14.9 Å². The molecule has 2 aliphatic heterocycles. The van der Waals surface area contributed by atoms with Crippen LogP contribution < -0.4 is 28.3 Å². The number of ether oxygens (including phenoxy) is 6. The molecule has 0 aliphatic carbocycles. The van der Waals surface area contributed by atoms with Crippen molar-refractivity contribution in [3.8, 4) is 11.8 Å². The minimum Gasteiger partial charge on any atom is -1.00 e. The van der Waals surface area contributed by atoms with Gasteiger partial charge in [0.05, 0.1) is 12.8 Å². The first kappa shape index (κ1) is 57.7. The second kappa shape index (κ2) is 24.1. The van der Waals surface area contributed by atoms with Crippen LogP contribution >= 0.6 is 0 Å². The van der Waals surface area contributed by atoms with Crippen LogP contribution in [0.3, 0.4) is 0 Å². The summed E-state index contributed by atoms with van der Waals surface area (Å²) in [6.45, 7) is 21.9. The summed E-state index contributed by atoms with van der Waals surface area (Å²) >= 11 is 0. The number of nitrogens with zero attached hydrogens (tertiary/aromatic N) is 2. The third kappa shape index (κ3) is 22.7. The van der Waals surface area contributed by atoms with Crippen molar-refractivity contribution in [1.29, 1.82) is 0 Å². The van der Waals surface area contributed by atoms with Crippen molar-refractivity contribution in [2.45, 2.75) is 190 Å². The van der Waals surface area contributed by atoms with Gasteiger partial charge in [-0.2, -0.15) is 0 Å². The Balaban J connectivity index is -0.00000100. The monoisotopic (exact) mass is 839 g/mol. The number of carbonyl (C=O) groups is 5. The van der Waals surface area contributed by atoms with E-state index in [2.05, 4.69) is 9.97 Å². The molecule has 0 saturated carbocycles. The summed E-state index contributed by atoms with van der Waals surface area (Å²) in [5.74, 6) is -0.367. The first-order valence-corrected chi connectivity index (χ1v) is 18.9. The predicted molar refractivity (Wildman–Crippen MR) is 228 cm³/mol. The van der Waals surface area contributed by atoms with Gasteiger partial charge in [0.15, 0.2) is 29.2 Å². The SMILES string of the molecule is C.C.CC(C)(C)OC(=O)CC[C@@H]1Oc2ncc(CC(=O)OC(C)(C)C)cc2CC1=O.CC(C)(C)OC(=O)CC[C@H]1CCc2cc(CC(=O)OC(C)(C)C)cnc2O1.[AlH3].[H-].[Li+]. The number of hydrogen-bond acceptors (Lipinski definition) is 13. The summed E-state index contributed by atoms with van der Waals surface area (Å²) in [5.41, 5.74) is 1.03. The molecule has 2 aromatic heterocycles. The van der Waals surface area contributed by atoms with Crippen LogP contribution in [-0.2, 0) is 68.6 Å². The molecule has 0 spiro atoms. The van der Waals surface area contributed by atoms with Crippen molar-refractivity contribution >= 4 is 47.0 Å². The smallest absolute Gasteiger partial charge is 1.00 e. The second-order valence-corrected chi connectivity index (χ2v) is 17.9. The minimum absolute atomic E-state index is 0. The van der Waals surface area contributed by atoms with Gasteiger partial charge in [-0.25, -0.2) is 9.97 Å². The number of carbonyl (C=O) groups excluding carboxylic acids is 5. The van der Waals surface area contributed by atoms with Crippen molar-refractivity contribution in [1.82, 2.24) is 9.97 Å². The number of pyridine rings is 2. The molecule has 59 heavy (non-hydrogen) atoms. The Kier molecular flexibility index (Phi) is 23.6. The number of Topliss-reactive ketones (excluding diaryl/α,β-unsaturated/α-hetero) is 1. The van der Waals surface area contributed by atoms with E-state index in [-0.39, 0.29) is 120 Å². The van der Waals surface area contributed by atoms with Gasteiger partial charge in [0.25, 0.3) is 0 Å². The fourth-order valence-corrected chi connectivity index (χ4v) is 5.67. The van der Waals surface area contributed by atoms with Crippen LogP contribution in [0.25, 0.3) is 0 Å². The molecule has 0 unspecified atom stereocenters. The molecule has 2 aromatic rings.